The Labute approximate surface area is 148 Å². The number of nitrogens with one attached hydrogen (secondary N) is 1. The van der Waals surface area contributed by atoms with E-state index >= 15 is 0 Å². The van der Waals surface area contributed by atoms with Crippen LogP contribution in [0.15, 0.2) is 53.4 Å². The zero-order valence-corrected chi connectivity index (χ0v) is 14.5. The van der Waals surface area contributed by atoms with Gasteiger partial charge in [-0.2, -0.15) is 0 Å². The summed E-state index contributed by atoms with van der Waals surface area (Å²) in [5.74, 6) is -2.91. The van der Waals surface area contributed by atoms with Crippen molar-refractivity contribution in [2.24, 2.45) is 0 Å². The van der Waals surface area contributed by atoms with Gasteiger partial charge in [-0.1, -0.05) is 18.2 Å². The Hall–Kier alpha value is -2.41. The number of thioether (sulfide) groups is 1. The molecule has 0 heterocycles. The van der Waals surface area contributed by atoms with E-state index in [4.69, 9.17) is 4.74 Å². The molecule has 0 saturated heterocycles. The molecule has 4 nitrogen and oxygen atoms in total. The molecule has 0 unspecified atom stereocenters. The van der Waals surface area contributed by atoms with Gasteiger partial charge in [-0.05, 0) is 38.1 Å². The van der Waals surface area contributed by atoms with Crippen molar-refractivity contribution < 1.29 is 23.1 Å². The van der Waals surface area contributed by atoms with Crippen molar-refractivity contribution in [3.8, 4) is 0 Å². The lowest BCUT2D eigenvalue weighted by Gasteiger charge is -2.16. The van der Waals surface area contributed by atoms with Crippen LogP contribution < -0.4 is 5.32 Å². The van der Waals surface area contributed by atoms with E-state index in [1.807, 2.05) is 30.3 Å². The van der Waals surface area contributed by atoms with Crippen LogP contribution in [0.2, 0.25) is 0 Å². The van der Waals surface area contributed by atoms with E-state index in [1.165, 1.54) is 18.7 Å². The molecule has 132 valence electrons. The number of anilines is 1. The second-order valence-electron chi connectivity index (χ2n) is 5.27. The van der Waals surface area contributed by atoms with Gasteiger partial charge in [-0.25, -0.2) is 8.78 Å². The van der Waals surface area contributed by atoms with Crippen molar-refractivity contribution in [2.75, 3.05) is 5.32 Å². The van der Waals surface area contributed by atoms with Crippen LogP contribution >= 0.6 is 11.8 Å². The van der Waals surface area contributed by atoms with Gasteiger partial charge in [0.25, 0.3) is 5.91 Å². The monoisotopic (exact) mass is 365 g/mol. The van der Waals surface area contributed by atoms with Crippen molar-refractivity contribution in [2.45, 2.75) is 30.1 Å². The summed E-state index contributed by atoms with van der Waals surface area (Å²) >= 11 is 1.31. The topological polar surface area (TPSA) is 55.4 Å². The summed E-state index contributed by atoms with van der Waals surface area (Å²) in [6.45, 7) is 3.05. The fourth-order valence-electron chi connectivity index (χ4n) is 1.90. The van der Waals surface area contributed by atoms with E-state index in [1.54, 1.807) is 6.92 Å². The molecule has 0 radical (unpaired) electrons. The number of benzene rings is 2. The first-order valence-corrected chi connectivity index (χ1v) is 8.43. The summed E-state index contributed by atoms with van der Waals surface area (Å²) in [7, 11) is 0. The molecule has 0 spiro atoms. The average molecular weight is 365 g/mol. The molecule has 0 fully saturated rings. The number of carbonyl (C=O) groups is 2. The minimum atomic E-state index is -1.12. The summed E-state index contributed by atoms with van der Waals surface area (Å²) in [6, 6.07) is 12.1. The number of hydrogen-bond acceptors (Lipinski definition) is 4. The number of hydrogen-bond donors (Lipinski definition) is 1. The largest absolute Gasteiger partial charge is 0.452 e. The van der Waals surface area contributed by atoms with E-state index in [-0.39, 0.29) is 5.69 Å². The van der Waals surface area contributed by atoms with E-state index in [0.29, 0.717) is 6.07 Å². The molecule has 0 bridgehead atoms. The highest BCUT2D eigenvalue weighted by atomic mass is 32.2. The van der Waals surface area contributed by atoms with Gasteiger partial charge in [0.2, 0.25) is 0 Å². The molecule has 0 aliphatic rings. The quantitative estimate of drug-likeness (QED) is 0.621. The van der Waals surface area contributed by atoms with Crippen molar-refractivity contribution >= 4 is 29.3 Å². The third-order valence-electron chi connectivity index (χ3n) is 3.24. The third-order valence-corrected chi connectivity index (χ3v) is 4.33. The van der Waals surface area contributed by atoms with Gasteiger partial charge >= 0.3 is 5.97 Å². The molecule has 7 heteroatoms. The normalized spacial score (nSPS) is 13.0. The zero-order valence-electron chi connectivity index (χ0n) is 13.7. The first kappa shape index (κ1) is 18.9. The van der Waals surface area contributed by atoms with Gasteiger partial charge in [0.05, 0.1) is 5.69 Å². The average Bonchev–Trinajstić information content (AvgIpc) is 2.58. The summed E-state index contributed by atoms with van der Waals surface area (Å²) in [4.78, 5) is 25.0. The Morgan fingerprint density at radius 1 is 1.08 bits per heavy atom. The molecule has 0 aliphatic heterocycles. The Kier molecular flexibility index (Phi) is 6.52. The molecule has 2 rings (SSSR count). The van der Waals surface area contributed by atoms with Crippen molar-refractivity contribution in [1.29, 1.82) is 0 Å². The van der Waals surface area contributed by atoms with Crippen LogP contribution in [0.25, 0.3) is 0 Å². The standard InChI is InChI=1S/C18H17F2NO3S/c1-11(17(22)21-16-9-8-13(19)10-15(16)20)24-18(23)12(2)25-14-6-4-3-5-7-14/h3-12H,1-2H3,(H,21,22)/t11-,12-/m0/s1. The summed E-state index contributed by atoms with van der Waals surface area (Å²) < 4.78 is 31.5. The number of halogens is 2. The van der Waals surface area contributed by atoms with Gasteiger partial charge in [-0.15, -0.1) is 11.8 Å². The van der Waals surface area contributed by atoms with E-state index in [2.05, 4.69) is 5.32 Å². The van der Waals surface area contributed by atoms with Gasteiger partial charge in [0.15, 0.2) is 6.10 Å². The highest BCUT2D eigenvalue weighted by Crippen LogP contribution is 2.24. The van der Waals surface area contributed by atoms with Crippen molar-refractivity contribution in [3.05, 3.63) is 60.2 Å². The second kappa shape index (κ2) is 8.62. The summed E-state index contributed by atoms with van der Waals surface area (Å²) in [6.07, 6.45) is -1.12. The smallest absolute Gasteiger partial charge is 0.319 e. The maximum Gasteiger partial charge on any atom is 0.319 e. The Balaban J connectivity index is 1.90. The van der Waals surface area contributed by atoms with Crippen LogP contribution in [0.1, 0.15) is 13.8 Å². The molecule has 2 aromatic carbocycles. The number of rotatable bonds is 6. The lowest BCUT2D eigenvalue weighted by molar-refractivity contribution is -0.152. The number of ether oxygens (including phenoxy) is 1. The van der Waals surface area contributed by atoms with Crippen LogP contribution in [0.4, 0.5) is 14.5 Å². The Morgan fingerprint density at radius 3 is 2.40 bits per heavy atom. The fraction of sp³-hybridized carbons (Fsp3) is 0.222. The lowest BCUT2D eigenvalue weighted by Crippen LogP contribution is -2.32. The number of esters is 1. The molecule has 2 aromatic rings. The third kappa shape index (κ3) is 5.56. The molecular weight excluding hydrogens is 348 g/mol. The highest BCUT2D eigenvalue weighted by Gasteiger charge is 2.23. The maximum atomic E-state index is 13.5. The van der Waals surface area contributed by atoms with Gasteiger partial charge in [-0.3, -0.25) is 9.59 Å². The zero-order chi connectivity index (χ0) is 18.4. The minimum Gasteiger partial charge on any atom is -0.452 e. The molecule has 0 saturated carbocycles. The SMILES string of the molecule is C[C@H](OC(=O)[C@H](C)Sc1ccccc1)C(=O)Nc1ccc(F)cc1F. The molecular formula is C18H17F2NO3S. The predicted molar refractivity (Wildman–Crippen MR) is 92.3 cm³/mol. The van der Waals surface area contributed by atoms with Gasteiger partial charge < -0.3 is 10.1 Å². The molecule has 0 aromatic heterocycles. The van der Waals surface area contributed by atoms with Crippen LogP contribution in [0, 0.1) is 11.6 Å². The van der Waals surface area contributed by atoms with Crippen LogP contribution in [-0.2, 0) is 14.3 Å². The van der Waals surface area contributed by atoms with Gasteiger partial charge in [0.1, 0.15) is 16.9 Å². The first-order valence-electron chi connectivity index (χ1n) is 7.55. The van der Waals surface area contributed by atoms with Crippen LogP contribution in [-0.4, -0.2) is 23.2 Å². The Bertz CT molecular complexity index is 755. The highest BCUT2D eigenvalue weighted by molar-refractivity contribution is 8.00. The van der Waals surface area contributed by atoms with E-state index in [0.717, 1.165) is 17.0 Å². The minimum absolute atomic E-state index is 0.180. The number of amides is 1. The lowest BCUT2D eigenvalue weighted by atomic mass is 10.2. The van der Waals surface area contributed by atoms with Crippen molar-refractivity contribution in [3.63, 3.8) is 0 Å². The summed E-state index contributed by atoms with van der Waals surface area (Å²) in [5.41, 5.74) is -0.180. The predicted octanol–water partition coefficient (Wildman–Crippen LogP) is 4.02. The summed E-state index contributed by atoms with van der Waals surface area (Å²) in [5, 5.41) is 1.75. The molecule has 25 heavy (non-hydrogen) atoms. The fourth-order valence-corrected chi connectivity index (χ4v) is 2.77. The Morgan fingerprint density at radius 2 is 1.76 bits per heavy atom. The van der Waals surface area contributed by atoms with E-state index < -0.39 is 34.9 Å². The van der Waals surface area contributed by atoms with E-state index in [9.17, 15) is 18.4 Å². The maximum absolute atomic E-state index is 13.5. The number of carbonyl (C=O) groups excluding carboxylic acids is 2. The van der Waals surface area contributed by atoms with Crippen LogP contribution in [0.5, 0.6) is 0 Å². The molecule has 2 atom stereocenters. The van der Waals surface area contributed by atoms with Gasteiger partial charge in [0, 0.05) is 11.0 Å². The first-order chi connectivity index (χ1) is 11.9. The second-order valence-corrected chi connectivity index (χ2v) is 6.68. The molecule has 1 N–H and O–H groups in total. The molecule has 0 aliphatic carbocycles. The van der Waals surface area contributed by atoms with Crippen molar-refractivity contribution in [1.82, 2.24) is 0 Å². The van der Waals surface area contributed by atoms with Crippen LogP contribution in [0.3, 0.4) is 0 Å². The molecule has 1 amide bonds.